The van der Waals surface area contributed by atoms with Crippen molar-refractivity contribution in [3.05, 3.63) is 134 Å². The van der Waals surface area contributed by atoms with Crippen molar-refractivity contribution in [3.63, 3.8) is 0 Å². The molecule has 1 unspecified atom stereocenters. The van der Waals surface area contributed by atoms with E-state index in [1.807, 2.05) is 0 Å². The van der Waals surface area contributed by atoms with Gasteiger partial charge in [-0.3, -0.25) is 14.4 Å². The van der Waals surface area contributed by atoms with Crippen LogP contribution in [-0.2, 0) is 28.6 Å². The number of unbranched alkanes of at least 4 members (excludes halogenated alkanes) is 19. The molecule has 6 nitrogen and oxygen atoms in total. The van der Waals surface area contributed by atoms with Gasteiger partial charge in [0.2, 0.25) is 0 Å². The van der Waals surface area contributed by atoms with E-state index in [9.17, 15) is 14.4 Å². The second kappa shape index (κ2) is 60.1. The van der Waals surface area contributed by atoms with Crippen molar-refractivity contribution < 1.29 is 28.6 Å². The third-order valence-electron chi connectivity index (χ3n) is 12.1. The second-order valence-corrected chi connectivity index (χ2v) is 19.1. The van der Waals surface area contributed by atoms with Crippen molar-refractivity contribution in [3.8, 4) is 0 Å². The van der Waals surface area contributed by atoms with Gasteiger partial charge in [-0.2, -0.15) is 0 Å². The fourth-order valence-corrected chi connectivity index (χ4v) is 7.79. The zero-order valence-electron chi connectivity index (χ0n) is 47.1. The van der Waals surface area contributed by atoms with Crippen LogP contribution in [0.15, 0.2) is 134 Å². The molecule has 0 aromatic carbocycles. The number of rotatable bonds is 52. The van der Waals surface area contributed by atoms with Gasteiger partial charge < -0.3 is 14.2 Å². The summed E-state index contributed by atoms with van der Waals surface area (Å²) in [7, 11) is 0. The summed E-state index contributed by atoms with van der Waals surface area (Å²) < 4.78 is 16.9. The van der Waals surface area contributed by atoms with Gasteiger partial charge >= 0.3 is 17.9 Å². The first-order valence-electron chi connectivity index (χ1n) is 29.7. The average Bonchev–Trinajstić information content (AvgIpc) is 3.39. The molecule has 412 valence electrons. The standard InChI is InChI=1S/C67H108O6/c1-4-7-10-13-16-19-22-25-28-30-31-32-33-34-35-37-39-42-45-48-51-54-57-60-66(69)72-63-64(62-71-65(68)59-56-53-50-47-44-41-38-27-24-21-18-15-12-9-6-3)73-67(70)61-58-55-52-49-46-43-40-36-29-26-23-20-17-14-11-8-5-2/h7-12,16-21,25-29,31-32,38,40,43,64H,4-6,13-15,22-24,30,33-37,39,41-42,44-63H2,1-3H3/b10-7-,11-8-,12-9-,19-16-,20-17-,21-18-,28-25-,29-26-,32-31-,38-27-,43-40-. The van der Waals surface area contributed by atoms with E-state index in [0.29, 0.717) is 19.3 Å². The fourth-order valence-electron chi connectivity index (χ4n) is 7.79. The summed E-state index contributed by atoms with van der Waals surface area (Å²) in [6.07, 6.45) is 84.4. The van der Waals surface area contributed by atoms with E-state index >= 15 is 0 Å². The summed E-state index contributed by atoms with van der Waals surface area (Å²) in [6, 6.07) is 0. The summed E-state index contributed by atoms with van der Waals surface area (Å²) in [5, 5.41) is 0. The zero-order chi connectivity index (χ0) is 52.9. The number of esters is 3. The van der Waals surface area contributed by atoms with E-state index in [1.165, 1.54) is 51.4 Å². The molecule has 0 fully saturated rings. The van der Waals surface area contributed by atoms with E-state index in [0.717, 1.165) is 161 Å². The highest BCUT2D eigenvalue weighted by molar-refractivity contribution is 5.71. The van der Waals surface area contributed by atoms with Crippen LogP contribution in [0.25, 0.3) is 0 Å². The Labute approximate surface area is 449 Å². The topological polar surface area (TPSA) is 78.9 Å². The van der Waals surface area contributed by atoms with Gasteiger partial charge in [-0.15, -0.1) is 0 Å². The molecule has 1 atom stereocenters. The van der Waals surface area contributed by atoms with Crippen molar-refractivity contribution in [2.24, 2.45) is 0 Å². The van der Waals surface area contributed by atoms with Crippen LogP contribution in [-0.4, -0.2) is 37.2 Å². The second-order valence-electron chi connectivity index (χ2n) is 19.1. The van der Waals surface area contributed by atoms with Crippen molar-refractivity contribution >= 4 is 17.9 Å². The molecule has 0 radical (unpaired) electrons. The highest BCUT2D eigenvalue weighted by Crippen LogP contribution is 2.14. The molecular weight excluding hydrogens is 901 g/mol. The molecular formula is C67H108O6. The maximum atomic E-state index is 12.9. The molecule has 0 saturated heterocycles. The molecule has 0 bridgehead atoms. The molecule has 0 aliphatic rings. The molecule has 6 heteroatoms. The SMILES string of the molecule is CC/C=C\C/C=C\C/C=C\C/C=C\CCCCCCCCCCCCC(=O)OCC(COC(=O)CCCCCCC/C=C\C/C=C\C/C=C\CC)OC(=O)CCCCCC/C=C\C/C=C\C/C=C\C/C=C\CC. The Morgan fingerprint density at radius 2 is 0.493 bits per heavy atom. The Balaban J connectivity index is 4.43. The van der Waals surface area contributed by atoms with Crippen LogP contribution in [0.1, 0.15) is 252 Å². The Kier molecular flexibility index (Phi) is 56.4. The molecule has 0 heterocycles. The van der Waals surface area contributed by atoms with Crippen LogP contribution in [0.3, 0.4) is 0 Å². The molecule has 0 amide bonds. The Hall–Kier alpha value is -4.45. The molecule has 0 aromatic heterocycles. The molecule has 0 rings (SSSR count). The highest BCUT2D eigenvalue weighted by Gasteiger charge is 2.19. The predicted molar refractivity (Wildman–Crippen MR) is 316 cm³/mol. The number of hydrogen-bond donors (Lipinski definition) is 0. The maximum absolute atomic E-state index is 12.9. The number of allylic oxidation sites excluding steroid dienone is 22. The van der Waals surface area contributed by atoms with E-state index < -0.39 is 6.10 Å². The lowest BCUT2D eigenvalue weighted by Gasteiger charge is -2.18. The van der Waals surface area contributed by atoms with Crippen molar-refractivity contribution in [1.82, 2.24) is 0 Å². The van der Waals surface area contributed by atoms with Crippen molar-refractivity contribution in [1.29, 1.82) is 0 Å². The maximum Gasteiger partial charge on any atom is 0.306 e. The van der Waals surface area contributed by atoms with Gasteiger partial charge in [0.15, 0.2) is 6.10 Å². The lowest BCUT2D eigenvalue weighted by atomic mass is 10.1. The monoisotopic (exact) mass is 1010 g/mol. The van der Waals surface area contributed by atoms with Crippen molar-refractivity contribution in [2.45, 2.75) is 258 Å². The normalized spacial score (nSPS) is 13.1. The number of carbonyl (C=O) groups excluding carboxylic acids is 3. The summed E-state index contributed by atoms with van der Waals surface area (Å²) >= 11 is 0. The largest absolute Gasteiger partial charge is 0.462 e. The quantitative estimate of drug-likeness (QED) is 0.0261. The van der Waals surface area contributed by atoms with E-state index in [4.69, 9.17) is 14.2 Å². The molecule has 0 spiro atoms. The number of hydrogen-bond acceptors (Lipinski definition) is 6. The van der Waals surface area contributed by atoms with Crippen LogP contribution in [0, 0.1) is 0 Å². The molecule has 0 N–H and O–H groups in total. The molecule has 0 aliphatic carbocycles. The summed E-state index contributed by atoms with van der Waals surface area (Å²) in [6.45, 7) is 6.26. The van der Waals surface area contributed by atoms with Gasteiger partial charge in [-0.1, -0.05) is 238 Å². The fraction of sp³-hybridized carbons (Fsp3) is 0.627. The van der Waals surface area contributed by atoms with Crippen molar-refractivity contribution in [2.75, 3.05) is 13.2 Å². The number of ether oxygens (including phenoxy) is 3. The smallest absolute Gasteiger partial charge is 0.306 e. The summed E-state index contributed by atoms with van der Waals surface area (Å²) in [4.78, 5) is 38.2. The minimum Gasteiger partial charge on any atom is -0.462 e. The van der Waals surface area contributed by atoms with Gasteiger partial charge in [0.25, 0.3) is 0 Å². The highest BCUT2D eigenvalue weighted by atomic mass is 16.6. The Morgan fingerprint density at radius 3 is 0.767 bits per heavy atom. The van der Waals surface area contributed by atoms with Crippen LogP contribution in [0.5, 0.6) is 0 Å². The first-order chi connectivity index (χ1) is 36.0. The number of carbonyl (C=O) groups is 3. The molecule has 0 aliphatic heterocycles. The third kappa shape index (κ3) is 58.3. The lowest BCUT2D eigenvalue weighted by Crippen LogP contribution is -2.30. The van der Waals surface area contributed by atoms with Crippen LogP contribution in [0.2, 0.25) is 0 Å². The van der Waals surface area contributed by atoms with E-state index in [2.05, 4.69) is 154 Å². The Morgan fingerprint density at radius 1 is 0.274 bits per heavy atom. The first kappa shape index (κ1) is 68.6. The molecule has 73 heavy (non-hydrogen) atoms. The van der Waals surface area contributed by atoms with Gasteiger partial charge in [0.1, 0.15) is 13.2 Å². The third-order valence-corrected chi connectivity index (χ3v) is 12.1. The summed E-state index contributed by atoms with van der Waals surface area (Å²) in [5.74, 6) is -0.947. The Bertz CT molecular complexity index is 1580. The predicted octanol–water partition coefficient (Wildman–Crippen LogP) is 20.2. The van der Waals surface area contributed by atoms with Gasteiger partial charge in [-0.05, 0) is 128 Å². The first-order valence-corrected chi connectivity index (χ1v) is 29.7. The molecule has 0 aromatic rings. The minimum absolute atomic E-state index is 0.1000. The van der Waals surface area contributed by atoms with Crippen LogP contribution >= 0.6 is 0 Å². The van der Waals surface area contributed by atoms with Crippen LogP contribution < -0.4 is 0 Å². The molecule has 0 saturated carbocycles. The van der Waals surface area contributed by atoms with E-state index in [1.54, 1.807) is 0 Å². The van der Waals surface area contributed by atoms with E-state index in [-0.39, 0.29) is 31.1 Å². The lowest BCUT2D eigenvalue weighted by molar-refractivity contribution is -0.167. The minimum atomic E-state index is -0.806. The average molecular weight is 1010 g/mol. The van der Waals surface area contributed by atoms with Gasteiger partial charge in [0, 0.05) is 19.3 Å². The summed E-state index contributed by atoms with van der Waals surface area (Å²) in [5.41, 5.74) is 0. The van der Waals surface area contributed by atoms with Gasteiger partial charge in [-0.25, -0.2) is 0 Å². The zero-order valence-corrected chi connectivity index (χ0v) is 47.1. The van der Waals surface area contributed by atoms with Gasteiger partial charge in [0.05, 0.1) is 0 Å². The van der Waals surface area contributed by atoms with Crippen LogP contribution in [0.4, 0.5) is 0 Å².